The first-order chi connectivity index (χ1) is 17.2. The first kappa shape index (κ1) is 25.5. The number of aromatic nitrogens is 5. The van der Waals surface area contributed by atoms with Crippen molar-refractivity contribution in [2.45, 2.75) is 40.8 Å². The number of hydrogen-bond donors (Lipinski definition) is 2. The van der Waals surface area contributed by atoms with Gasteiger partial charge in [0.05, 0.1) is 11.9 Å². The quantitative estimate of drug-likeness (QED) is 0.280. The van der Waals surface area contributed by atoms with Gasteiger partial charge in [-0.25, -0.2) is 9.97 Å². The molecule has 0 bridgehead atoms. The Hall–Kier alpha value is -4.13. The zero-order chi connectivity index (χ0) is 25.0. The highest BCUT2D eigenvalue weighted by Crippen LogP contribution is 2.22. The summed E-state index contributed by atoms with van der Waals surface area (Å²) in [4.78, 5) is 12.3. The highest BCUT2D eigenvalue weighted by atomic mass is 16.5. The molecule has 2 aromatic carbocycles. The average Bonchev–Trinajstić information content (AvgIpc) is 3.56. The predicted molar refractivity (Wildman–Crippen MR) is 143 cm³/mol. The summed E-state index contributed by atoms with van der Waals surface area (Å²) in [5, 5.41) is 7.72. The van der Waals surface area contributed by atoms with Crippen molar-refractivity contribution in [1.82, 2.24) is 24.7 Å². The molecule has 3 aromatic heterocycles. The van der Waals surface area contributed by atoms with E-state index in [1.807, 2.05) is 88.2 Å². The molecule has 0 amide bonds. The summed E-state index contributed by atoms with van der Waals surface area (Å²) >= 11 is 0. The molecule has 0 aliphatic heterocycles. The third-order valence-corrected chi connectivity index (χ3v) is 5.03. The van der Waals surface area contributed by atoms with Gasteiger partial charge in [-0.1, -0.05) is 70.2 Å². The maximum atomic E-state index is 5.79. The van der Waals surface area contributed by atoms with Crippen LogP contribution in [-0.2, 0) is 20.2 Å². The third-order valence-electron chi connectivity index (χ3n) is 5.03. The Morgan fingerprint density at radius 2 is 1.66 bits per heavy atom. The summed E-state index contributed by atoms with van der Waals surface area (Å²) in [6, 6.07) is 20.1. The predicted octanol–water partition coefficient (Wildman–Crippen LogP) is 6.60. The van der Waals surface area contributed by atoms with Crippen molar-refractivity contribution in [3.05, 3.63) is 90.6 Å². The molecule has 0 saturated heterocycles. The number of pyridine rings is 1. The molecule has 0 radical (unpaired) electrons. The number of aromatic amines is 1. The molecule has 0 unspecified atom stereocenters. The van der Waals surface area contributed by atoms with E-state index in [0.29, 0.717) is 18.8 Å². The maximum Gasteiger partial charge on any atom is 0.179 e. The minimum Gasteiger partial charge on any atom is -0.486 e. The second-order valence-corrected chi connectivity index (χ2v) is 7.30. The fourth-order valence-corrected chi connectivity index (χ4v) is 3.43. The van der Waals surface area contributed by atoms with Crippen LogP contribution >= 0.6 is 0 Å². The number of nitrogens with zero attached hydrogens (tertiary/aromatic N) is 4. The van der Waals surface area contributed by atoms with Gasteiger partial charge < -0.3 is 15.0 Å². The molecule has 0 saturated carbocycles. The summed E-state index contributed by atoms with van der Waals surface area (Å²) < 4.78 is 7.60. The van der Waals surface area contributed by atoms with Gasteiger partial charge in [0.1, 0.15) is 23.7 Å². The lowest BCUT2D eigenvalue weighted by Crippen LogP contribution is -2.00. The second-order valence-electron chi connectivity index (χ2n) is 7.30. The van der Waals surface area contributed by atoms with E-state index in [-0.39, 0.29) is 0 Å². The van der Waals surface area contributed by atoms with Gasteiger partial charge in [-0.05, 0) is 29.3 Å². The first-order valence-corrected chi connectivity index (χ1v) is 12.1. The Bertz CT molecular complexity index is 1290. The van der Waals surface area contributed by atoms with Crippen molar-refractivity contribution in [3.63, 3.8) is 0 Å². The van der Waals surface area contributed by atoms with Crippen molar-refractivity contribution >= 4 is 16.9 Å². The number of hydrogen-bond acceptors (Lipinski definition) is 5. The molecule has 7 nitrogen and oxygen atoms in total. The van der Waals surface area contributed by atoms with Crippen molar-refractivity contribution in [1.29, 1.82) is 0 Å². The van der Waals surface area contributed by atoms with Crippen molar-refractivity contribution < 1.29 is 4.74 Å². The molecular weight excluding hydrogens is 436 g/mol. The molecule has 7 heteroatoms. The van der Waals surface area contributed by atoms with E-state index in [2.05, 4.69) is 49.6 Å². The van der Waals surface area contributed by atoms with Crippen LogP contribution in [0.25, 0.3) is 22.3 Å². The monoisotopic (exact) mass is 470 g/mol. The van der Waals surface area contributed by atoms with Gasteiger partial charge in [0, 0.05) is 31.5 Å². The van der Waals surface area contributed by atoms with Crippen LogP contribution in [0.2, 0.25) is 0 Å². The molecule has 0 atom stereocenters. The van der Waals surface area contributed by atoms with E-state index in [4.69, 9.17) is 4.74 Å². The van der Waals surface area contributed by atoms with E-state index >= 15 is 0 Å². The van der Waals surface area contributed by atoms with E-state index < -0.39 is 0 Å². The number of fused-ring (bicyclic) bond motifs is 1. The van der Waals surface area contributed by atoms with Gasteiger partial charge in [0.25, 0.3) is 0 Å². The lowest BCUT2D eigenvalue weighted by molar-refractivity contribution is 0.297. The number of ether oxygens (including phenoxy) is 1. The van der Waals surface area contributed by atoms with Crippen molar-refractivity contribution in [2.75, 3.05) is 5.32 Å². The third kappa shape index (κ3) is 6.69. The van der Waals surface area contributed by atoms with E-state index in [1.54, 1.807) is 6.20 Å². The van der Waals surface area contributed by atoms with Gasteiger partial charge in [-0.2, -0.15) is 5.10 Å². The van der Waals surface area contributed by atoms with Gasteiger partial charge in [0.15, 0.2) is 5.65 Å². The molecule has 0 fully saturated rings. The molecule has 3 heterocycles. The van der Waals surface area contributed by atoms with Crippen LogP contribution in [0.1, 0.15) is 39.1 Å². The summed E-state index contributed by atoms with van der Waals surface area (Å²) in [7, 11) is 1.92. The fourth-order valence-electron chi connectivity index (χ4n) is 3.43. The van der Waals surface area contributed by atoms with E-state index in [1.165, 1.54) is 5.56 Å². The molecule has 0 spiro atoms. The topological polar surface area (TPSA) is 80.6 Å². The SMILES string of the molecule is CC.CC.Cn1cc(-c2ccc(CNc3ccnc4nc(COc5ccccc5)[nH]c34)cc2)cn1. The normalized spacial score (nSPS) is 10.1. The highest BCUT2D eigenvalue weighted by molar-refractivity contribution is 5.85. The lowest BCUT2D eigenvalue weighted by atomic mass is 10.1. The highest BCUT2D eigenvalue weighted by Gasteiger charge is 2.09. The van der Waals surface area contributed by atoms with Crippen molar-refractivity contribution in [3.8, 4) is 16.9 Å². The van der Waals surface area contributed by atoms with Crippen LogP contribution in [0.4, 0.5) is 5.69 Å². The summed E-state index contributed by atoms with van der Waals surface area (Å²) in [6.07, 6.45) is 5.65. The van der Waals surface area contributed by atoms with Crippen LogP contribution < -0.4 is 10.1 Å². The number of imidazole rings is 1. The Balaban J connectivity index is 0.000000815. The summed E-state index contributed by atoms with van der Waals surface area (Å²) in [6.45, 7) is 9.05. The standard InChI is InChI=1S/C24H22N6O.2C2H6/c1-30-15-19(14-27-30)18-9-7-17(8-10-18)13-26-21-11-12-25-24-23(21)28-22(29-24)16-31-20-5-3-2-4-6-20;2*1-2/h2-12,14-15H,13,16H2,1H3,(H2,25,26,28,29);2*1-2H3. The molecule has 5 aromatic rings. The lowest BCUT2D eigenvalue weighted by Gasteiger charge is -2.08. The molecule has 0 aliphatic carbocycles. The number of para-hydroxylation sites is 1. The Morgan fingerprint density at radius 3 is 2.34 bits per heavy atom. The number of nitrogens with one attached hydrogen (secondary N) is 2. The van der Waals surface area contributed by atoms with Gasteiger partial charge >= 0.3 is 0 Å². The van der Waals surface area contributed by atoms with Crippen LogP contribution in [-0.4, -0.2) is 24.7 Å². The Morgan fingerprint density at radius 1 is 0.914 bits per heavy atom. The molecular formula is C28H34N6O. The number of rotatable bonds is 7. The average molecular weight is 471 g/mol. The summed E-state index contributed by atoms with van der Waals surface area (Å²) in [5.41, 5.74) is 5.95. The Labute approximate surface area is 207 Å². The Kier molecular flexibility index (Phi) is 9.42. The summed E-state index contributed by atoms with van der Waals surface area (Å²) in [5.74, 6) is 1.55. The van der Waals surface area contributed by atoms with Crippen LogP contribution in [0.3, 0.4) is 0 Å². The van der Waals surface area contributed by atoms with E-state index in [9.17, 15) is 0 Å². The minimum atomic E-state index is 0.357. The first-order valence-electron chi connectivity index (χ1n) is 12.1. The zero-order valence-electron chi connectivity index (χ0n) is 21.1. The largest absolute Gasteiger partial charge is 0.486 e. The second kappa shape index (κ2) is 12.9. The van der Waals surface area contributed by atoms with Crippen LogP contribution in [0.5, 0.6) is 5.75 Å². The zero-order valence-corrected chi connectivity index (χ0v) is 21.1. The van der Waals surface area contributed by atoms with Gasteiger partial charge in [-0.3, -0.25) is 4.68 Å². The van der Waals surface area contributed by atoms with Gasteiger partial charge in [0.2, 0.25) is 0 Å². The number of anilines is 1. The molecule has 5 rings (SSSR count). The smallest absolute Gasteiger partial charge is 0.179 e. The van der Waals surface area contributed by atoms with E-state index in [0.717, 1.165) is 33.9 Å². The molecule has 2 N–H and O–H groups in total. The maximum absolute atomic E-state index is 5.79. The van der Waals surface area contributed by atoms with Crippen molar-refractivity contribution in [2.24, 2.45) is 7.05 Å². The molecule has 0 aliphatic rings. The van der Waals surface area contributed by atoms with Gasteiger partial charge in [-0.15, -0.1) is 0 Å². The molecule has 35 heavy (non-hydrogen) atoms. The number of H-pyrrole nitrogens is 1. The van der Waals surface area contributed by atoms with Crippen LogP contribution in [0.15, 0.2) is 79.3 Å². The van der Waals surface area contributed by atoms with Crippen LogP contribution in [0, 0.1) is 0 Å². The fraction of sp³-hybridized carbons (Fsp3) is 0.250. The number of benzene rings is 2. The number of aryl methyl sites for hydroxylation is 1. The minimum absolute atomic E-state index is 0.357. The molecule has 182 valence electrons.